The molecule has 0 saturated carbocycles. The fraction of sp³-hybridized carbons (Fsp3) is 0.300. The Kier molecular flexibility index (Phi) is 4.11. The topological polar surface area (TPSA) is 58.6 Å². The van der Waals surface area contributed by atoms with E-state index in [1.54, 1.807) is 19.2 Å². The molecule has 1 aliphatic carbocycles. The average molecular weight is 371 g/mol. The van der Waals surface area contributed by atoms with Gasteiger partial charge >= 0.3 is 6.03 Å². The molecule has 2 aliphatic rings. The second kappa shape index (κ2) is 6.32. The Balaban J connectivity index is 1.57. The number of imide groups is 1. The Hall–Kier alpha value is -2.53. The van der Waals surface area contributed by atoms with E-state index in [1.165, 1.54) is 10.5 Å². The van der Waals surface area contributed by atoms with Gasteiger partial charge in [-0.25, -0.2) is 4.79 Å². The van der Waals surface area contributed by atoms with Crippen LogP contribution in [0.2, 0.25) is 5.02 Å². The molecule has 1 aliphatic heterocycles. The van der Waals surface area contributed by atoms with Crippen LogP contribution in [-0.4, -0.2) is 29.5 Å². The van der Waals surface area contributed by atoms with Gasteiger partial charge in [0.1, 0.15) is 11.3 Å². The van der Waals surface area contributed by atoms with E-state index in [9.17, 15) is 9.59 Å². The molecule has 1 fully saturated rings. The number of urea groups is 1. The van der Waals surface area contributed by atoms with Crippen LogP contribution in [0.25, 0.3) is 0 Å². The highest BCUT2D eigenvalue weighted by atomic mass is 35.5. The monoisotopic (exact) mass is 370 g/mol. The lowest BCUT2D eigenvalue weighted by Gasteiger charge is -2.32. The summed E-state index contributed by atoms with van der Waals surface area (Å²) in [6, 6.07) is 13.0. The molecule has 2 aromatic carbocycles. The minimum absolute atomic E-state index is 0.163. The van der Waals surface area contributed by atoms with E-state index in [0.29, 0.717) is 23.6 Å². The van der Waals surface area contributed by atoms with Crippen LogP contribution in [0.5, 0.6) is 5.75 Å². The van der Waals surface area contributed by atoms with E-state index in [-0.39, 0.29) is 18.5 Å². The molecule has 134 valence electrons. The molecule has 1 spiro atoms. The van der Waals surface area contributed by atoms with Gasteiger partial charge in [0.15, 0.2) is 0 Å². The zero-order valence-corrected chi connectivity index (χ0v) is 15.2. The summed E-state index contributed by atoms with van der Waals surface area (Å²) in [6.07, 6.45) is 1.94. The number of nitrogens with zero attached hydrogens (tertiary/aromatic N) is 1. The van der Waals surface area contributed by atoms with Gasteiger partial charge in [-0.15, -0.1) is 0 Å². The molecule has 1 unspecified atom stereocenters. The second-order valence-electron chi connectivity index (χ2n) is 6.82. The average Bonchev–Trinajstić information content (AvgIpc) is 2.86. The number of benzene rings is 2. The van der Waals surface area contributed by atoms with Gasteiger partial charge in [0, 0.05) is 6.42 Å². The van der Waals surface area contributed by atoms with Crippen LogP contribution in [0.3, 0.4) is 0 Å². The van der Waals surface area contributed by atoms with Gasteiger partial charge in [0.2, 0.25) is 0 Å². The van der Waals surface area contributed by atoms with Gasteiger partial charge in [0.25, 0.3) is 5.91 Å². The van der Waals surface area contributed by atoms with Crippen molar-refractivity contribution in [3.63, 3.8) is 0 Å². The number of fused-ring (bicyclic) bond motifs is 1. The molecular formula is C20H19ClN2O3. The Morgan fingerprint density at radius 2 is 1.96 bits per heavy atom. The predicted octanol–water partition coefficient (Wildman–Crippen LogP) is 3.33. The summed E-state index contributed by atoms with van der Waals surface area (Å²) in [5.74, 6) is 0.400. The minimum atomic E-state index is -0.832. The number of hydrogen-bond acceptors (Lipinski definition) is 3. The molecule has 0 bridgehead atoms. The summed E-state index contributed by atoms with van der Waals surface area (Å²) in [7, 11) is 1.54. The van der Waals surface area contributed by atoms with Crippen LogP contribution < -0.4 is 10.1 Å². The summed E-state index contributed by atoms with van der Waals surface area (Å²) in [5.41, 5.74) is 2.33. The van der Waals surface area contributed by atoms with Crippen molar-refractivity contribution < 1.29 is 14.3 Å². The highest BCUT2D eigenvalue weighted by Crippen LogP contribution is 2.34. The van der Waals surface area contributed by atoms with Crippen LogP contribution in [-0.2, 0) is 24.2 Å². The van der Waals surface area contributed by atoms with Crippen molar-refractivity contribution in [3.8, 4) is 5.75 Å². The molecule has 3 amide bonds. The van der Waals surface area contributed by atoms with E-state index >= 15 is 0 Å². The largest absolute Gasteiger partial charge is 0.495 e. The number of hydrogen-bond donors (Lipinski definition) is 1. The number of ether oxygens (including phenoxy) is 1. The Labute approximate surface area is 156 Å². The molecule has 1 atom stereocenters. The van der Waals surface area contributed by atoms with E-state index in [4.69, 9.17) is 16.3 Å². The van der Waals surface area contributed by atoms with Crippen molar-refractivity contribution >= 4 is 23.5 Å². The van der Waals surface area contributed by atoms with Crippen LogP contribution >= 0.6 is 11.6 Å². The maximum atomic E-state index is 13.1. The molecule has 1 saturated heterocycles. The van der Waals surface area contributed by atoms with Crippen LogP contribution in [0.15, 0.2) is 42.5 Å². The number of aryl methyl sites for hydroxylation is 1. The van der Waals surface area contributed by atoms with Crippen molar-refractivity contribution in [1.29, 1.82) is 0 Å². The highest BCUT2D eigenvalue weighted by molar-refractivity contribution is 6.32. The summed E-state index contributed by atoms with van der Waals surface area (Å²) in [5, 5.41) is 3.40. The predicted molar refractivity (Wildman–Crippen MR) is 98.3 cm³/mol. The molecule has 1 N–H and O–H groups in total. The summed E-state index contributed by atoms with van der Waals surface area (Å²) < 4.78 is 5.14. The standard InChI is InChI=1S/C20H19ClN2O3/c1-26-17-7-6-13(10-16(17)21)12-23-18(24)20(22-19(23)25)9-8-14-4-2-3-5-15(14)11-20/h2-7,10H,8-9,11-12H2,1H3,(H,22,25). The van der Waals surface area contributed by atoms with E-state index in [0.717, 1.165) is 17.5 Å². The molecule has 6 heteroatoms. The number of methoxy groups -OCH3 is 1. The maximum Gasteiger partial charge on any atom is 0.325 e. The number of rotatable bonds is 3. The van der Waals surface area contributed by atoms with Crippen molar-refractivity contribution in [2.75, 3.05) is 7.11 Å². The maximum absolute atomic E-state index is 13.1. The molecule has 1 heterocycles. The fourth-order valence-electron chi connectivity index (χ4n) is 3.84. The molecule has 2 aromatic rings. The second-order valence-corrected chi connectivity index (χ2v) is 7.23. The molecule has 0 aromatic heterocycles. The molecule has 0 radical (unpaired) electrons. The number of halogens is 1. The first kappa shape index (κ1) is 16.9. The fourth-order valence-corrected chi connectivity index (χ4v) is 4.12. The first-order chi connectivity index (χ1) is 12.5. The quantitative estimate of drug-likeness (QED) is 0.843. The smallest absolute Gasteiger partial charge is 0.325 e. The van der Waals surface area contributed by atoms with Crippen molar-refractivity contribution in [2.45, 2.75) is 31.3 Å². The van der Waals surface area contributed by atoms with Crippen molar-refractivity contribution in [2.24, 2.45) is 0 Å². The molecule has 4 rings (SSSR count). The Morgan fingerprint density at radius 3 is 2.69 bits per heavy atom. The van der Waals surface area contributed by atoms with Crippen molar-refractivity contribution in [1.82, 2.24) is 10.2 Å². The lowest BCUT2D eigenvalue weighted by atomic mass is 9.78. The molecule has 5 nitrogen and oxygen atoms in total. The first-order valence-corrected chi connectivity index (χ1v) is 8.93. The van der Waals surface area contributed by atoms with Gasteiger partial charge in [-0.3, -0.25) is 9.69 Å². The number of carbonyl (C=O) groups is 2. The summed E-state index contributed by atoms with van der Waals surface area (Å²) in [4.78, 5) is 26.9. The van der Waals surface area contributed by atoms with Gasteiger partial charge in [0.05, 0.1) is 18.7 Å². The van der Waals surface area contributed by atoms with Crippen LogP contribution in [0.1, 0.15) is 23.1 Å². The SMILES string of the molecule is COc1ccc(CN2C(=O)NC3(CCc4ccccc4C3)C2=O)cc1Cl. The third kappa shape index (κ3) is 2.72. The highest BCUT2D eigenvalue weighted by Gasteiger charge is 2.52. The third-order valence-electron chi connectivity index (χ3n) is 5.23. The van der Waals surface area contributed by atoms with Gasteiger partial charge in [-0.1, -0.05) is 41.9 Å². The number of carbonyl (C=O) groups excluding carboxylic acids is 2. The zero-order valence-electron chi connectivity index (χ0n) is 14.4. The Bertz CT molecular complexity index is 898. The van der Waals surface area contributed by atoms with E-state index in [1.807, 2.05) is 24.3 Å². The molecule has 26 heavy (non-hydrogen) atoms. The minimum Gasteiger partial charge on any atom is -0.495 e. The van der Waals surface area contributed by atoms with Gasteiger partial charge in [-0.05, 0) is 41.7 Å². The number of amides is 3. The number of nitrogens with one attached hydrogen (secondary N) is 1. The summed E-state index contributed by atoms with van der Waals surface area (Å²) in [6.45, 7) is 0.192. The lowest BCUT2D eigenvalue weighted by molar-refractivity contribution is -0.132. The van der Waals surface area contributed by atoms with Crippen LogP contribution in [0, 0.1) is 0 Å². The third-order valence-corrected chi connectivity index (χ3v) is 5.53. The van der Waals surface area contributed by atoms with Crippen LogP contribution in [0.4, 0.5) is 4.79 Å². The first-order valence-electron chi connectivity index (χ1n) is 8.56. The lowest BCUT2D eigenvalue weighted by Crippen LogP contribution is -2.51. The normalized spacial score (nSPS) is 21.7. The summed E-state index contributed by atoms with van der Waals surface area (Å²) >= 11 is 6.16. The Morgan fingerprint density at radius 1 is 1.19 bits per heavy atom. The van der Waals surface area contributed by atoms with E-state index in [2.05, 4.69) is 11.4 Å². The molecular weight excluding hydrogens is 352 g/mol. The van der Waals surface area contributed by atoms with Gasteiger partial charge in [-0.2, -0.15) is 0 Å². The van der Waals surface area contributed by atoms with E-state index < -0.39 is 5.54 Å². The van der Waals surface area contributed by atoms with Gasteiger partial charge < -0.3 is 10.1 Å². The zero-order chi connectivity index (χ0) is 18.3. The van der Waals surface area contributed by atoms with Crippen molar-refractivity contribution in [3.05, 3.63) is 64.2 Å².